The van der Waals surface area contributed by atoms with Gasteiger partial charge in [0.15, 0.2) is 5.01 Å². The quantitative estimate of drug-likeness (QED) is 0.749. The Morgan fingerprint density at radius 2 is 2.36 bits per heavy atom. The lowest BCUT2D eigenvalue weighted by Gasteiger charge is -1.95. The summed E-state index contributed by atoms with van der Waals surface area (Å²) in [6.45, 7) is 4.13. The summed E-state index contributed by atoms with van der Waals surface area (Å²) in [4.78, 5) is 16.2. The van der Waals surface area contributed by atoms with Gasteiger partial charge in [0.05, 0.1) is 17.2 Å². The maximum atomic E-state index is 11.4. The minimum absolute atomic E-state index is 0.0638. The van der Waals surface area contributed by atoms with Crippen LogP contribution in [0.2, 0.25) is 0 Å². The minimum atomic E-state index is -0.125. The van der Waals surface area contributed by atoms with E-state index in [9.17, 15) is 4.79 Å². The van der Waals surface area contributed by atoms with Gasteiger partial charge in [0.25, 0.3) is 0 Å². The van der Waals surface area contributed by atoms with Crippen molar-refractivity contribution in [2.75, 3.05) is 13.2 Å². The predicted molar refractivity (Wildman–Crippen MR) is 53.6 cm³/mol. The van der Waals surface area contributed by atoms with E-state index in [0.717, 1.165) is 10.6 Å². The monoisotopic (exact) mass is 215 g/mol. The second-order valence-electron chi connectivity index (χ2n) is 2.75. The molecule has 1 aromatic heterocycles. The summed E-state index contributed by atoms with van der Waals surface area (Å²) in [7, 11) is 0. The first-order chi connectivity index (χ1) is 6.69. The van der Waals surface area contributed by atoms with E-state index in [1.165, 1.54) is 11.3 Å². The second kappa shape index (κ2) is 5.19. The predicted octanol–water partition coefficient (Wildman–Crippen LogP) is 1.16. The SMILES string of the molecule is CCOCC(=O)c1nc(C)c(CO)s1. The maximum absolute atomic E-state index is 11.4. The zero-order chi connectivity index (χ0) is 10.6. The van der Waals surface area contributed by atoms with Crippen LogP contribution in [0.4, 0.5) is 0 Å². The number of rotatable bonds is 5. The van der Waals surface area contributed by atoms with Crippen LogP contribution in [-0.4, -0.2) is 29.1 Å². The van der Waals surface area contributed by atoms with Gasteiger partial charge < -0.3 is 9.84 Å². The van der Waals surface area contributed by atoms with Crippen LogP contribution in [0.3, 0.4) is 0 Å². The van der Waals surface area contributed by atoms with Crippen molar-refractivity contribution < 1.29 is 14.6 Å². The largest absolute Gasteiger partial charge is 0.391 e. The van der Waals surface area contributed by atoms with Crippen molar-refractivity contribution in [2.24, 2.45) is 0 Å². The van der Waals surface area contributed by atoms with Crippen LogP contribution in [0.25, 0.3) is 0 Å². The number of ketones is 1. The fraction of sp³-hybridized carbons (Fsp3) is 0.556. The Balaban J connectivity index is 2.70. The Hall–Kier alpha value is -0.780. The molecule has 0 aliphatic carbocycles. The molecular weight excluding hydrogens is 202 g/mol. The van der Waals surface area contributed by atoms with E-state index in [2.05, 4.69) is 4.98 Å². The summed E-state index contributed by atoms with van der Waals surface area (Å²) in [6.07, 6.45) is 0. The van der Waals surface area contributed by atoms with Crippen molar-refractivity contribution in [3.8, 4) is 0 Å². The van der Waals surface area contributed by atoms with Gasteiger partial charge in [-0.15, -0.1) is 11.3 Å². The summed E-state index contributed by atoms with van der Waals surface area (Å²) in [5.74, 6) is -0.125. The van der Waals surface area contributed by atoms with E-state index in [1.54, 1.807) is 6.92 Å². The van der Waals surface area contributed by atoms with Crippen LogP contribution in [0.1, 0.15) is 27.3 Å². The van der Waals surface area contributed by atoms with Crippen LogP contribution >= 0.6 is 11.3 Å². The molecule has 5 heteroatoms. The number of thiazole rings is 1. The Kier molecular flexibility index (Phi) is 4.19. The number of aliphatic hydroxyl groups is 1. The second-order valence-corrected chi connectivity index (χ2v) is 3.83. The lowest BCUT2D eigenvalue weighted by molar-refractivity contribution is 0.0783. The van der Waals surface area contributed by atoms with Crippen molar-refractivity contribution in [1.82, 2.24) is 4.98 Å². The van der Waals surface area contributed by atoms with Crippen molar-refractivity contribution in [3.05, 3.63) is 15.6 Å². The summed E-state index contributed by atoms with van der Waals surface area (Å²) in [6, 6.07) is 0. The zero-order valence-corrected chi connectivity index (χ0v) is 9.06. The van der Waals surface area contributed by atoms with Gasteiger partial charge in [-0.25, -0.2) is 4.98 Å². The molecule has 0 amide bonds. The van der Waals surface area contributed by atoms with E-state index in [-0.39, 0.29) is 19.0 Å². The highest BCUT2D eigenvalue weighted by molar-refractivity contribution is 7.13. The molecule has 0 radical (unpaired) electrons. The molecule has 14 heavy (non-hydrogen) atoms. The van der Waals surface area contributed by atoms with E-state index in [1.807, 2.05) is 6.92 Å². The van der Waals surface area contributed by atoms with Gasteiger partial charge in [0, 0.05) is 6.61 Å². The summed E-state index contributed by atoms with van der Waals surface area (Å²) in [5, 5.41) is 9.33. The molecule has 0 bridgehead atoms. The molecule has 4 nitrogen and oxygen atoms in total. The third-order valence-electron chi connectivity index (χ3n) is 1.71. The number of nitrogens with zero attached hydrogens (tertiary/aromatic N) is 1. The molecule has 1 heterocycles. The topological polar surface area (TPSA) is 59.4 Å². The Morgan fingerprint density at radius 1 is 1.64 bits per heavy atom. The number of hydrogen-bond acceptors (Lipinski definition) is 5. The lowest BCUT2D eigenvalue weighted by Crippen LogP contribution is -2.08. The number of hydrogen-bond donors (Lipinski definition) is 1. The van der Waals surface area contributed by atoms with Crippen molar-refractivity contribution in [1.29, 1.82) is 0 Å². The third kappa shape index (κ3) is 2.60. The van der Waals surface area contributed by atoms with E-state index in [0.29, 0.717) is 11.6 Å². The lowest BCUT2D eigenvalue weighted by atomic mass is 10.4. The van der Waals surface area contributed by atoms with Gasteiger partial charge >= 0.3 is 0 Å². The standard InChI is InChI=1S/C9H13NO3S/c1-3-13-5-7(12)9-10-6(2)8(4-11)14-9/h11H,3-5H2,1-2H3. The average molecular weight is 215 g/mol. The van der Waals surface area contributed by atoms with Gasteiger partial charge in [-0.05, 0) is 13.8 Å². The third-order valence-corrected chi connectivity index (χ3v) is 2.90. The molecular formula is C9H13NO3S. The molecule has 0 saturated heterocycles. The number of carbonyl (C=O) groups excluding carboxylic acids is 1. The highest BCUT2D eigenvalue weighted by Gasteiger charge is 2.13. The highest BCUT2D eigenvalue weighted by Crippen LogP contribution is 2.18. The van der Waals surface area contributed by atoms with Crippen molar-refractivity contribution in [2.45, 2.75) is 20.5 Å². The molecule has 0 aliphatic rings. The van der Waals surface area contributed by atoms with Gasteiger partial charge in [0.1, 0.15) is 6.61 Å². The fourth-order valence-corrected chi connectivity index (χ4v) is 1.80. The maximum Gasteiger partial charge on any atom is 0.216 e. The Morgan fingerprint density at radius 3 is 2.86 bits per heavy atom. The molecule has 78 valence electrons. The van der Waals surface area contributed by atoms with Gasteiger partial charge in [-0.1, -0.05) is 0 Å². The minimum Gasteiger partial charge on any atom is -0.391 e. The first-order valence-electron chi connectivity index (χ1n) is 4.37. The molecule has 1 aromatic rings. The van der Waals surface area contributed by atoms with Crippen LogP contribution in [0.15, 0.2) is 0 Å². The molecule has 0 aromatic carbocycles. The number of aryl methyl sites for hydroxylation is 1. The number of aliphatic hydroxyl groups excluding tert-OH is 1. The average Bonchev–Trinajstić information content (AvgIpc) is 2.56. The van der Waals surface area contributed by atoms with Crippen LogP contribution in [-0.2, 0) is 11.3 Å². The molecule has 0 atom stereocenters. The highest BCUT2D eigenvalue weighted by atomic mass is 32.1. The van der Waals surface area contributed by atoms with Crippen molar-refractivity contribution in [3.63, 3.8) is 0 Å². The van der Waals surface area contributed by atoms with E-state index < -0.39 is 0 Å². The zero-order valence-electron chi connectivity index (χ0n) is 8.24. The number of ether oxygens (including phenoxy) is 1. The summed E-state index contributed by atoms with van der Waals surface area (Å²) >= 11 is 1.23. The Labute approximate surface area is 86.6 Å². The smallest absolute Gasteiger partial charge is 0.216 e. The number of Topliss-reactive ketones (excluding diaryl/α,β-unsaturated/α-hetero) is 1. The van der Waals surface area contributed by atoms with E-state index >= 15 is 0 Å². The Bertz CT molecular complexity index is 322. The molecule has 1 N–H and O–H groups in total. The normalized spacial score (nSPS) is 10.5. The van der Waals surface area contributed by atoms with Crippen molar-refractivity contribution >= 4 is 17.1 Å². The molecule has 0 unspecified atom stereocenters. The van der Waals surface area contributed by atoms with Gasteiger partial charge in [-0.3, -0.25) is 4.79 Å². The van der Waals surface area contributed by atoms with Crippen LogP contribution < -0.4 is 0 Å². The molecule has 0 saturated carbocycles. The number of carbonyl (C=O) groups is 1. The molecule has 0 fully saturated rings. The molecule has 0 aliphatic heterocycles. The first-order valence-corrected chi connectivity index (χ1v) is 5.18. The summed E-state index contributed by atoms with van der Waals surface area (Å²) in [5.41, 5.74) is 0.720. The fourth-order valence-electron chi connectivity index (χ4n) is 0.950. The molecule has 1 rings (SSSR count). The number of aromatic nitrogens is 1. The summed E-state index contributed by atoms with van der Waals surface area (Å²) < 4.78 is 4.99. The van der Waals surface area contributed by atoms with Crippen LogP contribution in [0, 0.1) is 6.92 Å². The first kappa shape index (κ1) is 11.3. The van der Waals surface area contributed by atoms with Crippen LogP contribution in [0.5, 0.6) is 0 Å². The molecule has 0 spiro atoms. The van der Waals surface area contributed by atoms with Gasteiger partial charge in [0.2, 0.25) is 5.78 Å². The van der Waals surface area contributed by atoms with E-state index in [4.69, 9.17) is 9.84 Å². The van der Waals surface area contributed by atoms with Gasteiger partial charge in [-0.2, -0.15) is 0 Å².